The first-order valence-electron chi connectivity index (χ1n) is 5.66. The standard InChI is InChI=1S/C12H18N2O2/c1-16-12-10(3-2-4-14-12)8-13-7-9-5-11(15)6-9/h2-4,9,11,13,15H,5-8H2,1H3. The van der Waals surface area contributed by atoms with Gasteiger partial charge in [-0.15, -0.1) is 0 Å². The first-order valence-corrected chi connectivity index (χ1v) is 5.66. The van der Waals surface area contributed by atoms with Gasteiger partial charge in [-0.25, -0.2) is 4.98 Å². The molecule has 0 amide bonds. The summed E-state index contributed by atoms with van der Waals surface area (Å²) in [5.74, 6) is 1.31. The van der Waals surface area contributed by atoms with Crippen molar-refractivity contribution in [3.05, 3.63) is 23.9 Å². The Balaban J connectivity index is 1.76. The molecule has 1 saturated carbocycles. The van der Waals surface area contributed by atoms with E-state index in [0.717, 1.165) is 31.5 Å². The number of methoxy groups -OCH3 is 1. The number of nitrogens with zero attached hydrogens (tertiary/aromatic N) is 1. The van der Waals surface area contributed by atoms with E-state index in [-0.39, 0.29) is 6.10 Å². The summed E-state index contributed by atoms with van der Waals surface area (Å²) in [7, 11) is 1.63. The molecule has 2 N–H and O–H groups in total. The van der Waals surface area contributed by atoms with Crippen molar-refractivity contribution in [2.75, 3.05) is 13.7 Å². The smallest absolute Gasteiger partial charge is 0.217 e. The number of hydrogen-bond donors (Lipinski definition) is 2. The molecule has 0 bridgehead atoms. The molecule has 0 unspecified atom stereocenters. The van der Waals surface area contributed by atoms with Crippen molar-refractivity contribution >= 4 is 0 Å². The number of rotatable bonds is 5. The monoisotopic (exact) mass is 222 g/mol. The van der Waals surface area contributed by atoms with Gasteiger partial charge in [0.2, 0.25) is 5.88 Å². The van der Waals surface area contributed by atoms with Gasteiger partial charge in [-0.05, 0) is 31.4 Å². The number of nitrogens with one attached hydrogen (secondary N) is 1. The van der Waals surface area contributed by atoms with Gasteiger partial charge in [-0.3, -0.25) is 0 Å². The van der Waals surface area contributed by atoms with E-state index in [1.807, 2.05) is 12.1 Å². The fourth-order valence-electron chi connectivity index (χ4n) is 2.02. The Labute approximate surface area is 95.7 Å². The number of hydrogen-bond acceptors (Lipinski definition) is 4. The van der Waals surface area contributed by atoms with E-state index < -0.39 is 0 Å². The fourth-order valence-corrected chi connectivity index (χ4v) is 2.02. The minimum Gasteiger partial charge on any atom is -0.481 e. The molecule has 88 valence electrons. The number of ether oxygens (including phenoxy) is 1. The summed E-state index contributed by atoms with van der Waals surface area (Å²) in [4.78, 5) is 4.14. The minimum atomic E-state index is -0.0697. The maximum atomic E-state index is 9.16. The van der Waals surface area contributed by atoms with Crippen molar-refractivity contribution in [3.63, 3.8) is 0 Å². The lowest BCUT2D eigenvalue weighted by Crippen LogP contribution is -2.35. The van der Waals surface area contributed by atoms with Crippen molar-refractivity contribution in [1.82, 2.24) is 10.3 Å². The third-order valence-corrected chi connectivity index (χ3v) is 3.00. The highest BCUT2D eigenvalue weighted by Gasteiger charge is 2.26. The van der Waals surface area contributed by atoms with Gasteiger partial charge in [0, 0.05) is 18.3 Å². The van der Waals surface area contributed by atoms with Crippen molar-refractivity contribution in [2.24, 2.45) is 5.92 Å². The van der Waals surface area contributed by atoms with Gasteiger partial charge in [0.15, 0.2) is 0 Å². The van der Waals surface area contributed by atoms with Crippen LogP contribution in [0.3, 0.4) is 0 Å². The summed E-state index contributed by atoms with van der Waals surface area (Å²) >= 11 is 0. The molecule has 0 saturated heterocycles. The van der Waals surface area contributed by atoms with Crippen molar-refractivity contribution in [2.45, 2.75) is 25.5 Å². The summed E-state index contributed by atoms with van der Waals surface area (Å²) in [6.45, 7) is 1.72. The molecule has 1 aliphatic carbocycles. The molecule has 0 radical (unpaired) electrons. The molecule has 4 nitrogen and oxygen atoms in total. The Morgan fingerprint density at radius 3 is 3.06 bits per heavy atom. The Bertz CT molecular complexity index is 338. The highest BCUT2D eigenvalue weighted by Crippen LogP contribution is 2.26. The van der Waals surface area contributed by atoms with E-state index in [1.165, 1.54) is 0 Å². The molecule has 0 atom stereocenters. The number of aliphatic hydroxyl groups is 1. The van der Waals surface area contributed by atoms with Gasteiger partial charge in [0.25, 0.3) is 0 Å². The van der Waals surface area contributed by atoms with E-state index in [2.05, 4.69) is 10.3 Å². The molecular weight excluding hydrogens is 204 g/mol. The van der Waals surface area contributed by atoms with Gasteiger partial charge < -0.3 is 15.2 Å². The van der Waals surface area contributed by atoms with Crippen LogP contribution < -0.4 is 10.1 Å². The molecule has 0 spiro atoms. The topological polar surface area (TPSA) is 54.4 Å². The van der Waals surface area contributed by atoms with Gasteiger partial charge in [-0.2, -0.15) is 0 Å². The van der Waals surface area contributed by atoms with Crippen molar-refractivity contribution in [3.8, 4) is 5.88 Å². The SMILES string of the molecule is COc1ncccc1CNCC1CC(O)C1. The molecule has 2 rings (SSSR count). The normalized spacial score (nSPS) is 23.9. The second-order valence-electron chi connectivity index (χ2n) is 4.29. The minimum absolute atomic E-state index is 0.0697. The highest BCUT2D eigenvalue weighted by molar-refractivity contribution is 5.24. The van der Waals surface area contributed by atoms with Crippen LogP contribution >= 0.6 is 0 Å². The van der Waals surface area contributed by atoms with E-state index in [4.69, 9.17) is 9.84 Å². The number of aliphatic hydroxyl groups excluding tert-OH is 1. The predicted molar refractivity (Wildman–Crippen MR) is 61.2 cm³/mol. The Morgan fingerprint density at radius 1 is 1.56 bits per heavy atom. The van der Waals surface area contributed by atoms with Gasteiger partial charge in [-0.1, -0.05) is 6.07 Å². The largest absolute Gasteiger partial charge is 0.481 e. The van der Waals surface area contributed by atoms with Crippen LogP contribution in [-0.2, 0) is 6.54 Å². The quantitative estimate of drug-likeness (QED) is 0.779. The summed E-state index contributed by atoms with van der Waals surface area (Å²) in [6.07, 6.45) is 3.51. The first kappa shape index (κ1) is 11.4. The Morgan fingerprint density at radius 2 is 2.38 bits per heavy atom. The molecule has 1 aromatic heterocycles. The zero-order valence-corrected chi connectivity index (χ0v) is 9.52. The van der Waals surface area contributed by atoms with Gasteiger partial charge in [0.05, 0.1) is 13.2 Å². The molecule has 1 aromatic rings. The van der Waals surface area contributed by atoms with Crippen LogP contribution in [0.25, 0.3) is 0 Å². The maximum Gasteiger partial charge on any atom is 0.217 e. The zero-order valence-electron chi connectivity index (χ0n) is 9.52. The van der Waals surface area contributed by atoms with Crippen LogP contribution in [-0.4, -0.2) is 29.8 Å². The van der Waals surface area contributed by atoms with E-state index in [0.29, 0.717) is 11.8 Å². The second kappa shape index (κ2) is 5.27. The molecular formula is C12H18N2O2. The average molecular weight is 222 g/mol. The molecule has 0 aliphatic heterocycles. The van der Waals surface area contributed by atoms with Crippen LogP contribution in [0.5, 0.6) is 5.88 Å². The second-order valence-corrected chi connectivity index (χ2v) is 4.29. The summed E-state index contributed by atoms with van der Waals surface area (Å²) < 4.78 is 5.17. The van der Waals surface area contributed by atoms with E-state index in [1.54, 1.807) is 13.3 Å². The number of aromatic nitrogens is 1. The lowest BCUT2D eigenvalue weighted by molar-refractivity contribution is 0.0429. The third kappa shape index (κ3) is 2.71. The van der Waals surface area contributed by atoms with Crippen LogP contribution in [0.1, 0.15) is 18.4 Å². The zero-order chi connectivity index (χ0) is 11.4. The first-order chi connectivity index (χ1) is 7.79. The average Bonchev–Trinajstić information content (AvgIpc) is 2.27. The lowest BCUT2D eigenvalue weighted by atomic mass is 9.82. The van der Waals surface area contributed by atoms with Crippen LogP contribution in [0.4, 0.5) is 0 Å². The fraction of sp³-hybridized carbons (Fsp3) is 0.583. The maximum absolute atomic E-state index is 9.16. The predicted octanol–water partition coefficient (Wildman–Crippen LogP) is 0.951. The van der Waals surface area contributed by atoms with Gasteiger partial charge in [0.1, 0.15) is 0 Å². The van der Waals surface area contributed by atoms with Crippen molar-refractivity contribution < 1.29 is 9.84 Å². The lowest BCUT2D eigenvalue weighted by Gasteiger charge is -2.31. The molecule has 1 fully saturated rings. The Kier molecular flexibility index (Phi) is 3.74. The van der Waals surface area contributed by atoms with Crippen LogP contribution in [0.2, 0.25) is 0 Å². The molecule has 1 heterocycles. The summed E-state index contributed by atoms with van der Waals surface area (Å²) in [5, 5.41) is 12.5. The summed E-state index contributed by atoms with van der Waals surface area (Å²) in [6, 6.07) is 3.92. The third-order valence-electron chi connectivity index (χ3n) is 3.00. The number of pyridine rings is 1. The highest BCUT2D eigenvalue weighted by atomic mass is 16.5. The molecule has 0 aromatic carbocycles. The van der Waals surface area contributed by atoms with Crippen molar-refractivity contribution in [1.29, 1.82) is 0 Å². The van der Waals surface area contributed by atoms with Crippen LogP contribution in [0, 0.1) is 5.92 Å². The molecule has 4 heteroatoms. The van der Waals surface area contributed by atoms with Crippen LogP contribution in [0.15, 0.2) is 18.3 Å². The molecule has 1 aliphatic rings. The van der Waals surface area contributed by atoms with E-state index in [9.17, 15) is 0 Å². The molecule has 16 heavy (non-hydrogen) atoms. The van der Waals surface area contributed by atoms with E-state index >= 15 is 0 Å². The van der Waals surface area contributed by atoms with Gasteiger partial charge >= 0.3 is 0 Å². The Hall–Kier alpha value is -1.13. The summed E-state index contributed by atoms with van der Waals surface area (Å²) in [5.41, 5.74) is 1.07.